The number of benzene rings is 2. The molecule has 0 N–H and O–H groups in total. The van der Waals surface area contributed by atoms with Crippen LogP contribution in [0.4, 0.5) is 8.78 Å². The Morgan fingerprint density at radius 2 is 1.95 bits per heavy atom. The molecule has 0 saturated heterocycles. The zero-order valence-corrected chi connectivity index (χ0v) is 11.4. The quantitative estimate of drug-likeness (QED) is 0.686. The molecule has 0 atom stereocenters. The largest absolute Gasteiger partial charge is 0.488 e. The van der Waals surface area contributed by atoms with Crippen molar-refractivity contribution < 1.29 is 13.5 Å². The molecule has 0 bridgehead atoms. The Morgan fingerprint density at radius 3 is 2.74 bits per heavy atom. The van der Waals surface area contributed by atoms with Crippen LogP contribution in [0.5, 0.6) is 5.75 Å². The van der Waals surface area contributed by atoms with Gasteiger partial charge in [-0.3, -0.25) is 0 Å². The summed E-state index contributed by atoms with van der Waals surface area (Å²) < 4.78 is 32.7. The van der Waals surface area contributed by atoms with Crippen LogP contribution in [-0.4, -0.2) is 0 Å². The van der Waals surface area contributed by atoms with Gasteiger partial charge < -0.3 is 4.74 Å². The first-order chi connectivity index (χ1) is 9.20. The predicted octanol–water partition coefficient (Wildman–Crippen LogP) is 4.64. The molecular weight excluding hydrogens is 314 g/mol. The molecule has 0 radical (unpaired) electrons. The molecule has 96 valence electrons. The smallest absolute Gasteiger partial charge is 0.130 e. The van der Waals surface area contributed by atoms with Gasteiger partial charge in [0.1, 0.15) is 24.0 Å². The number of rotatable bonds is 0. The molecule has 2 aromatic rings. The van der Waals surface area contributed by atoms with Crippen molar-refractivity contribution >= 4 is 21.5 Å². The molecule has 0 fully saturated rings. The molecule has 0 aromatic heterocycles. The van der Waals surface area contributed by atoms with Gasteiger partial charge in [-0.05, 0) is 28.7 Å². The average Bonchev–Trinajstić information content (AvgIpc) is 2.55. The third-order valence-corrected chi connectivity index (χ3v) is 3.58. The van der Waals surface area contributed by atoms with E-state index < -0.39 is 0 Å². The van der Waals surface area contributed by atoms with E-state index in [1.165, 1.54) is 18.2 Å². The maximum absolute atomic E-state index is 13.9. The van der Waals surface area contributed by atoms with Crippen LogP contribution in [-0.2, 0) is 6.61 Å². The normalized spacial score (nSPS) is 15.4. The van der Waals surface area contributed by atoms with E-state index in [-0.39, 0.29) is 18.2 Å². The highest BCUT2D eigenvalue weighted by molar-refractivity contribution is 9.11. The third-order valence-electron chi connectivity index (χ3n) is 3.12. The summed E-state index contributed by atoms with van der Waals surface area (Å²) in [6, 6.07) is 9.19. The molecule has 2 aromatic carbocycles. The minimum atomic E-state index is -0.376. The molecule has 19 heavy (non-hydrogen) atoms. The standard InChI is InChI=1S/C15H9BrF2O/c16-7-12-10-2-1-3-14(18)13(10)8-19-15-6-9(17)4-5-11(12)15/h1-7H,8H2/b12-7+. The fourth-order valence-corrected chi connectivity index (χ4v) is 2.70. The fraction of sp³-hybridized carbons (Fsp3) is 0.0667. The van der Waals surface area contributed by atoms with Crippen molar-refractivity contribution in [3.05, 3.63) is 69.7 Å². The Kier molecular flexibility index (Phi) is 3.11. The van der Waals surface area contributed by atoms with Crippen LogP contribution in [0.25, 0.3) is 5.57 Å². The fourth-order valence-electron chi connectivity index (χ4n) is 2.21. The number of hydrogen-bond donors (Lipinski definition) is 0. The number of ether oxygens (including phenoxy) is 1. The number of halogens is 3. The molecule has 1 nitrogen and oxygen atoms in total. The summed E-state index contributed by atoms with van der Waals surface area (Å²) in [6.45, 7) is 0.0861. The van der Waals surface area contributed by atoms with Crippen LogP contribution >= 0.6 is 15.9 Å². The minimum absolute atomic E-state index is 0.0861. The van der Waals surface area contributed by atoms with E-state index in [9.17, 15) is 8.78 Å². The van der Waals surface area contributed by atoms with Gasteiger partial charge in [0.05, 0.1) is 0 Å². The number of fused-ring (bicyclic) bond motifs is 2. The van der Waals surface area contributed by atoms with Gasteiger partial charge >= 0.3 is 0 Å². The van der Waals surface area contributed by atoms with Crippen molar-refractivity contribution in [2.45, 2.75) is 6.61 Å². The van der Waals surface area contributed by atoms with Gasteiger partial charge in [0.2, 0.25) is 0 Å². The van der Waals surface area contributed by atoms with Crippen molar-refractivity contribution in [2.24, 2.45) is 0 Å². The highest BCUT2D eigenvalue weighted by atomic mass is 79.9. The van der Waals surface area contributed by atoms with Gasteiger partial charge in [-0.15, -0.1) is 0 Å². The SMILES string of the molecule is Fc1ccc2c(c1)OCc1c(F)cccc1/C2=C\Br. The van der Waals surface area contributed by atoms with E-state index in [1.807, 2.05) is 6.07 Å². The first kappa shape index (κ1) is 12.4. The van der Waals surface area contributed by atoms with Gasteiger partial charge in [0, 0.05) is 22.8 Å². The maximum atomic E-state index is 13.9. The molecule has 0 aliphatic carbocycles. The molecule has 1 heterocycles. The molecule has 1 aliphatic heterocycles. The van der Waals surface area contributed by atoms with E-state index in [2.05, 4.69) is 15.9 Å². The summed E-state index contributed by atoms with van der Waals surface area (Å²) in [5, 5.41) is 0. The Morgan fingerprint density at radius 1 is 1.11 bits per heavy atom. The molecule has 4 heteroatoms. The molecule has 0 spiro atoms. The third kappa shape index (κ3) is 2.06. The molecular formula is C15H9BrF2O. The lowest BCUT2D eigenvalue weighted by Gasteiger charge is -2.09. The summed E-state index contributed by atoms with van der Waals surface area (Å²) >= 11 is 3.29. The Bertz CT molecular complexity index is 680. The first-order valence-electron chi connectivity index (χ1n) is 5.71. The second kappa shape index (κ2) is 4.78. The van der Waals surface area contributed by atoms with Gasteiger partial charge in [-0.25, -0.2) is 8.78 Å². The van der Waals surface area contributed by atoms with Crippen molar-refractivity contribution in [3.8, 4) is 5.75 Å². The topological polar surface area (TPSA) is 9.23 Å². The van der Waals surface area contributed by atoms with Crippen molar-refractivity contribution in [1.82, 2.24) is 0 Å². The Hall–Kier alpha value is -1.68. The Labute approximate surface area is 117 Å². The van der Waals surface area contributed by atoms with E-state index in [4.69, 9.17) is 4.74 Å². The van der Waals surface area contributed by atoms with Crippen LogP contribution in [0.1, 0.15) is 16.7 Å². The summed E-state index contributed by atoms with van der Waals surface area (Å²) in [5.41, 5.74) is 2.75. The monoisotopic (exact) mass is 322 g/mol. The van der Waals surface area contributed by atoms with Crippen LogP contribution in [0.15, 0.2) is 41.4 Å². The lowest BCUT2D eigenvalue weighted by atomic mass is 9.95. The van der Waals surface area contributed by atoms with Crippen molar-refractivity contribution in [2.75, 3.05) is 0 Å². The van der Waals surface area contributed by atoms with Crippen molar-refractivity contribution in [3.63, 3.8) is 0 Å². The van der Waals surface area contributed by atoms with Gasteiger partial charge in [-0.1, -0.05) is 28.1 Å². The van der Waals surface area contributed by atoms with Crippen LogP contribution in [0.3, 0.4) is 0 Å². The van der Waals surface area contributed by atoms with E-state index >= 15 is 0 Å². The van der Waals surface area contributed by atoms with E-state index in [0.29, 0.717) is 11.3 Å². The van der Waals surface area contributed by atoms with Crippen LogP contribution < -0.4 is 4.74 Å². The second-order valence-electron chi connectivity index (χ2n) is 4.22. The minimum Gasteiger partial charge on any atom is -0.488 e. The summed E-state index contributed by atoms with van der Waals surface area (Å²) in [5.74, 6) is -0.280. The van der Waals surface area contributed by atoms with E-state index in [1.54, 1.807) is 17.1 Å². The zero-order valence-electron chi connectivity index (χ0n) is 9.79. The zero-order chi connectivity index (χ0) is 13.4. The highest BCUT2D eigenvalue weighted by Crippen LogP contribution is 2.38. The lowest BCUT2D eigenvalue weighted by molar-refractivity contribution is 0.299. The summed E-state index contributed by atoms with van der Waals surface area (Å²) in [4.78, 5) is 1.71. The molecule has 0 saturated carbocycles. The molecule has 1 aliphatic rings. The van der Waals surface area contributed by atoms with Gasteiger partial charge in [-0.2, -0.15) is 0 Å². The van der Waals surface area contributed by atoms with Crippen LogP contribution in [0, 0.1) is 11.6 Å². The predicted molar refractivity (Wildman–Crippen MR) is 73.1 cm³/mol. The average molecular weight is 323 g/mol. The Balaban J connectivity index is 2.27. The first-order valence-corrected chi connectivity index (χ1v) is 6.63. The van der Waals surface area contributed by atoms with Gasteiger partial charge in [0.25, 0.3) is 0 Å². The molecule has 3 rings (SSSR count). The van der Waals surface area contributed by atoms with Crippen LogP contribution in [0.2, 0.25) is 0 Å². The second-order valence-corrected chi connectivity index (χ2v) is 4.68. The maximum Gasteiger partial charge on any atom is 0.130 e. The summed E-state index contributed by atoms with van der Waals surface area (Å²) in [7, 11) is 0. The molecule has 0 amide bonds. The van der Waals surface area contributed by atoms with Gasteiger partial charge in [0.15, 0.2) is 0 Å². The molecule has 0 unspecified atom stereocenters. The number of hydrogen-bond acceptors (Lipinski definition) is 1. The van der Waals surface area contributed by atoms with E-state index in [0.717, 1.165) is 16.7 Å². The van der Waals surface area contributed by atoms with Crippen molar-refractivity contribution in [1.29, 1.82) is 0 Å². The lowest BCUT2D eigenvalue weighted by Crippen LogP contribution is -1.99. The highest BCUT2D eigenvalue weighted by Gasteiger charge is 2.21. The summed E-state index contributed by atoms with van der Waals surface area (Å²) in [6.07, 6.45) is 0.